The minimum Gasteiger partial charge on any atom is -0.481 e. The van der Waals surface area contributed by atoms with E-state index in [1.165, 1.54) is 4.68 Å². The summed E-state index contributed by atoms with van der Waals surface area (Å²) in [4.78, 5) is 12.9. The molecule has 0 spiro atoms. The van der Waals surface area contributed by atoms with Crippen LogP contribution in [-0.4, -0.2) is 21.8 Å². The van der Waals surface area contributed by atoms with Gasteiger partial charge in [-0.3, -0.25) is 4.79 Å². The Morgan fingerprint density at radius 2 is 1.77 bits per heavy atom. The minimum atomic E-state index is -0.610. The number of hydrogen-bond donors (Lipinski definition) is 0. The number of carbonyl (C=O) groups is 1. The van der Waals surface area contributed by atoms with Crippen molar-refractivity contribution in [1.82, 2.24) is 9.78 Å². The Labute approximate surface area is 154 Å². The fourth-order valence-electron chi connectivity index (χ4n) is 3.26. The molecule has 1 heterocycles. The molecule has 1 atom stereocenters. The number of hydrogen-bond acceptors (Lipinski definition) is 3. The van der Waals surface area contributed by atoms with Crippen molar-refractivity contribution in [2.24, 2.45) is 5.92 Å². The van der Waals surface area contributed by atoms with Crippen LogP contribution < -0.4 is 4.74 Å². The van der Waals surface area contributed by atoms with E-state index in [9.17, 15) is 4.79 Å². The summed E-state index contributed by atoms with van der Waals surface area (Å²) in [6.07, 6.45) is 0.311. The zero-order valence-corrected chi connectivity index (χ0v) is 16.1. The predicted molar refractivity (Wildman–Crippen MR) is 105 cm³/mol. The highest BCUT2D eigenvalue weighted by Gasteiger charge is 2.23. The molecule has 1 unspecified atom stereocenters. The van der Waals surface area contributed by atoms with Gasteiger partial charge in [0.25, 0.3) is 5.91 Å². The lowest BCUT2D eigenvalue weighted by atomic mass is 10.0. The van der Waals surface area contributed by atoms with Crippen LogP contribution in [0.2, 0.25) is 0 Å². The van der Waals surface area contributed by atoms with Crippen LogP contribution in [0.1, 0.15) is 42.5 Å². The third kappa shape index (κ3) is 3.64. The number of aromatic nitrogens is 2. The van der Waals surface area contributed by atoms with Crippen LogP contribution in [0, 0.1) is 19.8 Å². The lowest BCUT2D eigenvalue weighted by Gasteiger charge is -2.15. The number of nitrogens with zero attached hydrogens (tertiary/aromatic N) is 2. The first-order valence-corrected chi connectivity index (χ1v) is 9.11. The van der Waals surface area contributed by atoms with Crippen molar-refractivity contribution in [3.8, 4) is 5.75 Å². The molecule has 3 aromatic rings. The van der Waals surface area contributed by atoms with Crippen LogP contribution in [0.25, 0.3) is 10.8 Å². The highest BCUT2D eigenvalue weighted by Crippen LogP contribution is 2.22. The molecule has 26 heavy (non-hydrogen) atoms. The smallest absolute Gasteiger partial charge is 0.287 e. The molecule has 136 valence electrons. The Bertz CT molecular complexity index is 940. The van der Waals surface area contributed by atoms with Crippen molar-refractivity contribution in [3.63, 3.8) is 0 Å². The summed E-state index contributed by atoms with van der Waals surface area (Å²) >= 11 is 0. The largest absolute Gasteiger partial charge is 0.481 e. The molecular formula is C22H26N2O2. The summed E-state index contributed by atoms with van der Waals surface area (Å²) in [6, 6.07) is 14.0. The molecule has 3 rings (SSSR count). The highest BCUT2D eigenvalue weighted by molar-refractivity contribution is 5.85. The van der Waals surface area contributed by atoms with E-state index in [2.05, 4.69) is 25.0 Å². The first-order chi connectivity index (χ1) is 12.4. The van der Waals surface area contributed by atoms with E-state index in [-0.39, 0.29) is 5.91 Å². The third-order valence-corrected chi connectivity index (χ3v) is 4.64. The lowest BCUT2D eigenvalue weighted by molar-refractivity contribution is 0.0707. The molecule has 0 aliphatic rings. The summed E-state index contributed by atoms with van der Waals surface area (Å²) in [5, 5.41) is 6.70. The van der Waals surface area contributed by atoms with Crippen molar-refractivity contribution in [3.05, 3.63) is 59.4 Å². The molecule has 0 fully saturated rings. The fourth-order valence-corrected chi connectivity index (χ4v) is 3.26. The first kappa shape index (κ1) is 18.2. The molecule has 0 saturated heterocycles. The number of aryl methyl sites for hydroxylation is 1. The van der Waals surface area contributed by atoms with Crippen molar-refractivity contribution < 1.29 is 9.53 Å². The normalized spacial score (nSPS) is 12.5. The van der Waals surface area contributed by atoms with E-state index in [0.29, 0.717) is 11.7 Å². The number of fused-ring (bicyclic) bond motifs is 1. The molecule has 0 radical (unpaired) electrons. The van der Waals surface area contributed by atoms with Gasteiger partial charge < -0.3 is 4.74 Å². The average Bonchev–Trinajstić information content (AvgIpc) is 2.88. The van der Waals surface area contributed by atoms with Crippen LogP contribution in [0.5, 0.6) is 5.75 Å². The van der Waals surface area contributed by atoms with Gasteiger partial charge in [-0.25, -0.2) is 4.68 Å². The molecule has 0 aliphatic heterocycles. The van der Waals surface area contributed by atoms with Crippen molar-refractivity contribution in [2.75, 3.05) is 0 Å². The molecule has 0 N–H and O–H groups in total. The SMILES string of the molecule is Cc1nn(C(=O)C(C)Oc2ccc3ccccc3c2)c(C)c1CC(C)C. The molecular weight excluding hydrogens is 324 g/mol. The van der Waals surface area contributed by atoms with Gasteiger partial charge in [-0.05, 0) is 61.6 Å². The van der Waals surface area contributed by atoms with E-state index in [1.807, 2.05) is 50.2 Å². The van der Waals surface area contributed by atoms with Crippen LogP contribution in [0.3, 0.4) is 0 Å². The second kappa shape index (κ2) is 7.32. The second-order valence-electron chi connectivity index (χ2n) is 7.27. The van der Waals surface area contributed by atoms with Crippen LogP contribution >= 0.6 is 0 Å². The summed E-state index contributed by atoms with van der Waals surface area (Å²) in [5.74, 6) is 1.06. The van der Waals surface area contributed by atoms with Crippen LogP contribution in [-0.2, 0) is 6.42 Å². The maximum Gasteiger partial charge on any atom is 0.287 e. The molecule has 2 aromatic carbocycles. The minimum absolute atomic E-state index is 0.145. The van der Waals surface area contributed by atoms with E-state index in [0.717, 1.165) is 34.1 Å². The molecule has 0 aliphatic carbocycles. The standard InChI is InChI=1S/C22H26N2O2/c1-14(2)12-21-15(3)23-24(16(21)4)22(25)17(5)26-20-11-10-18-8-6-7-9-19(18)13-20/h6-11,13-14,17H,12H2,1-5H3. The van der Waals surface area contributed by atoms with Crippen LogP contribution in [0.15, 0.2) is 42.5 Å². The van der Waals surface area contributed by atoms with Gasteiger partial charge in [0.15, 0.2) is 6.10 Å². The van der Waals surface area contributed by atoms with Crippen molar-refractivity contribution >= 4 is 16.7 Å². The summed E-state index contributed by atoms with van der Waals surface area (Å²) < 4.78 is 7.41. The van der Waals surface area contributed by atoms with Gasteiger partial charge in [-0.2, -0.15) is 5.10 Å². The van der Waals surface area contributed by atoms with Crippen molar-refractivity contribution in [1.29, 1.82) is 0 Å². The maximum atomic E-state index is 12.9. The van der Waals surface area contributed by atoms with Crippen molar-refractivity contribution in [2.45, 2.75) is 47.1 Å². The Kier molecular flexibility index (Phi) is 5.12. The number of carbonyl (C=O) groups excluding carboxylic acids is 1. The number of benzene rings is 2. The van der Waals surface area contributed by atoms with Gasteiger partial charge >= 0.3 is 0 Å². The Balaban J connectivity index is 1.81. The van der Waals surface area contributed by atoms with E-state index >= 15 is 0 Å². The van der Waals surface area contributed by atoms with E-state index < -0.39 is 6.10 Å². The molecule has 0 amide bonds. The predicted octanol–water partition coefficient (Wildman–Crippen LogP) is 4.96. The summed E-state index contributed by atoms with van der Waals surface area (Å²) in [5.41, 5.74) is 2.99. The Morgan fingerprint density at radius 1 is 1.08 bits per heavy atom. The summed E-state index contributed by atoms with van der Waals surface area (Å²) in [7, 11) is 0. The second-order valence-corrected chi connectivity index (χ2v) is 7.27. The molecule has 0 bridgehead atoms. The quantitative estimate of drug-likeness (QED) is 0.653. The van der Waals surface area contributed by atoms with E-state index in [1.54, 1.807) is 6.92 Å². The van der Waals surface area contributed by atoms with Gasteiger partial charge in [-0.15, -0.1) is 0 Å². The van der Waals surface area contributed by atoms with Gasteiger partial charge in [-0.1, -0.05) is 44.2 Å². The van der Waals surface area contributed by atoms with Gasteiger partial charge in [0.1, 0.15) is 5.75 Å². The molecule has 4 nitrogen and oxygen atoms in total. The zero-order chi connectivity index (χ0) is 18.8. The summed E-state index contributed by atoms with van der Waals surface area (Å²) in [6.45, 7) is 10.0. The number of ether oxygens (including phenoxy) is 1. The van der Waals surface area contributed by atoms with Gasteiger partial charge in [0.05, 0.1) is 5.69 Å². The number of rotatable bonds is 5. The van der Waals surface area contributed by atoms with Crippen LogP contribution in [0.4, 0.5) is 0 Å². The monoisotopic (exact) mass is 350 g/mol. The Morgan fingerprint density at radius 3 is 2.46 bits per heavy atom. The zero-order valence-electron chi connectivity index (χ0n) is 16.1. The lowest BCUT2D eigenvalue weighted by Crippen LogP contribution is -2.30. The molecule has 4 heteroatoms. The maximum absolute atomic E-state index is 12.9. The van der Waals surface area contributed by atoms with Gasteiger partial charge in [0.2, 0.25) is 0 Å². The topological polar surface area (TPSA) is 44.1 Å². The van der Waals surface area contributed by atoms with Gasteiger partial charge in [0, 0.05) is 5.69 Å². The fraction of sp³-hybridized carbons (Fsp3) is 0.364. The molecule has 0 saturated carbocycles. The van der Waals surface area contributed by atoms with E-state index in [4.69, 9.17) is 4.74 Å². The average molecular weight is 350 g/mol. The first-order valence-electron chi connectivity index (χ1n) is 9.11. The third-order valence-electron chi connectivity index (χ3n) is 4.64. The molecule has 1 aromatic heterocycles. The Hall–Kier alpha value is -2.62. The highest BCUT2D eigenvalue weighted by atomic mass is 16.5.